The Morgan fingerprint density at radius 1 is 1.17 bits per heavy atom. The molecule has 2 aromatic rings. The highest BCUT2D eigenvalue weighted by molar-refractivity contribution is 6.05. The quantitative estimate of drug-likeness (QED) is 0.852. The summed E-state index contributed by atoms with van der Waals surface area (Å²) in [7, 11) is 0. The van der Waals surface area contributed by atoms with Gasteiger partial charge in [0.05, 0.1) is 0 Å². The summed E-state index contributed by atoms with van der Waals surface area (Å²) in [4.78, 5) is 21.4. The number of pyridine rings is 1. The van der Waals surface area contributed by atoms with E-state index in [9.17, 15) is 4.79 Å². The normalized spacial score (nSPS) is 14.5. The minimum Gasteiger partial charge on any atom is -0.371 e. The minimum absolute atomic E-state index is 0.0399. The zero-order chi connectivity index (χ0) is 16.9. The summed E-state index contributed by atoms with van der Waals surface area (Å²) >= 11 is 0. The number of hydrogen-bond donors (Lipinski definition) is 0. The van der Waals surface area contributed by atoms with Crippen molar-refractivity contribution < 1.29 is 4.79 Å². The summed E-state index contributed by atoms with van der Waals surface area (Å²) in [6.45, 7) is 6.78. The van der Waals surface area contributed by atoms with E-state index in [1.54, 1.807) is 11.1 Å². The molecule has 3 rings (SSSR count). The first-order valence-corrected chi connectivity index (χ1v) is 8.78. The molecule has 2 heterocycles. The zero-order valence-electron chi connectivity index (χ0n) is 14.5. The first kappa shape index (κ1) is 16.5. The maximum absolute atomic E-state index is 13.0. The van der Waals surface area contributed by atoms with Crippen molar-refractivity contribution >= 4 is 17.3 Å². The highest BCUT2D eigenvalue weighted by atomic mass is 16.2. The standard InChI is InChI=1S/C20H25N3O/c1-3-23(18-9-7-8-16(2)14-18)20(24)19-15-17(10-11-21-19)22-12-5-4-6-13-22/h7-11,14-15H,3-6,12-13H2,1-2H3. The average Bonchev–Trinajstić information content (AvgIpc) is 2.63. The first-order chi connectivity index (χ1) is 11.7. The van der Waals surface area contributed by atoms with Crippen molar-refractivity contribution in [1.82, 2.24) is 4.98 Å². The van der Waals surface area contributed by atoms with Crippen LogP contribution in [0.2, 0.25) is 0 Å². The van der Waals surface area contributed by atoms with Crippen molar-refractivity contribution in [2.45, 2.75) is 33.1 Å². The van der Waals surface area contributed by atoms with Gasteiger partial charge in [0.1, 0.15) is 5.69 Å². The lowest BCUT2D eigenvalue weighted by molar-refractivity contribution is 0.0983. The third-order valence-electron chi connectivity index (χ3n) is 4.56. The van der Waals surface area contributed by atoms with Crippen LogP contribution in [0.5, 0.6) is 0 Å². The van der Waals surface area contributed by atoms with E-state index < -0.39 is 0 Å². The van der Waals surface area contributed by atoms with Crippen LogP contribution in [0.4, 0.5) is 11.4 Å². The predicted octanol–water partition coefficient (Wildman–Crippen LogP) is 4.05. The zero-order valence-corrected chi connectivity index (χ0v) is 14.5. The number of rotatable bonds is 4. The molecule has 1 aromatic heterocycles. The molecule has 0 bridgehead atoms. The molecule has 24 heavy (non-hydrogen) atoms. The maximum atomic E-state index is 13.0. The second-order valence-corrected chi connectivity index (χ2v) is 6.34. The third-order valence-corrected chi connectivity index (χ3v) is 4.56. The van der Waals surface area contributed by atoms with E-state index in [-0.39, 0.29) is 5.91 Å². The Balaban J connectivity index is 1.85. The van der Waals surface area contributed by atoms with E-state index >= 15 is 0 Å². The van der Waals surface area contributed by atoms with Gasteiger partial charge in [-0.2, -0.15) is 0 Å². The van der Waals surface area contributed by atoms with Gasteiger partial charge in [0.2, 0.25) is 0 Å². The molecule has 0 spiro atoms. The molecular weight excluding hydrogens is 298 g/mol. The minimum atomic E-state index is -0.0399. The second kappa shape index (κ2) is 7.47. The molecule has 4 nitrogen and oxygen atoms in total. The number of nitrogens with zero attached hydrogens (tertiary/aromatic N) is 3. The van der Waals surface area contributed by atoms with Crippen LogP contribution in [-0.4, -0.2) is 30.5 Å². The Kier molecular flexibility index (Phi) is 5.14. The van der Waals surface area contributed by atoms with Gasteiger partial charge in [-0.25, -0.2) is 0 Å². The molecule has 126 valence electrons. The van der Waals surface area contributed by atoms with Crippen molar-refractivity contribution in [3.05, 3.63) is 53.9 Å². The molecule has 0 unspecified atom stereocenters. The van der Waals surface area contributed by atoms with Crippen LogP contribution in [-0.2, 0) is 0 Å². The summed E-state index contributed by atoms with van der Waals surface area (Å²) in [6, 6.07) is 12.0. The topological polar surface area (TPSA) is 36.4 Å². The van der Waals surface area contributed by atoms with Crippen LogP contribution in [0.25, 0.3) is 0 Å². The fraction of sp³-hybridized carbons (Fsp3) is 0.400. The van der Waals surface area contributed by atoms with E-state index in [4.69, 9.17) is 0 Å². The molecule has 0 saturated carbocycles. The van der Waals surface area contributed by atoms with Gasteiger partial charge in [-0.05, 0) is 62.9 Å². The van der Waals surface area contributed by atoms with Gasteiger partial charge in [0, 0.05) is 37.2 Å². The second-order valence-electron chi connectivity index (χ2n) is 6.34. The number of anilines is 2. The number of benzene rings is 1. The fourth-order valence-corrected chi connectivity index (χ4v) is 3.26. The van der Waals surface area contributed by atoms with Gasteiger partial charge in [0.25, 0.3) is 5.91 Å². The molecule has 1 saturated heterocycles. The molecule has 1 aliphatic heterocycles. The third kappa shape index (κ3) is 3.58. The van der Waals surface area contributed by atoms with Crippen LogP contribution < -0.4 is 9.80 Å². The van der Waals surface area contributed by atoms with Crippen molar-refractivity contribution in [2.75, 3.05) is 29.4 Å². The fourth-order valence-electron chi connectivity index (χ4n) is 3.26. The Hall–Kier alpha value is -2.36. The Morgan fingerprint density at radius 3 is 2.67 bits per heavy atom. The van der Waals surface area contributed by atoms with E-state index in [2.05, 4.69) is 9.88 Å². The Bertz CT molecular complexity index is 708. The van der Waals surface area contributed by atoms with Crippen molar-refractivity contribution in [2.24, 2.45) is 0 Å². The van der Waals surface area contributed by atoms with Crippen LogP contribution in [0.15, 0.2) is 42.6 Å². The summed E-state index contributed by atoms with van der Waals surface area (Å²) in [5.74, 6) is -0.0399. The lowest BCUT2D eigenvalue weighted by Crippen LogP contribution is -2.32. The van der Waals surface area contributed by atoms with Crippen molar-refractivity contribution in [1.29, 1.82) is 0 Å². The van der Waals surface area contributed by atoms with Gasteiger partial charge in [-0.1, -0.05) is 12.1 Å². The van der Waals surface area contributed by atoms with Crippen molar-refractivity contribution in [3.8, 4) is 0 Å². The first-order valence-electron chi connectivity index (χ1n) is 8.78. The van der Waals surface area contributed by atoms with Gasteiger partial charge in [0.15, 0.2) is 0 Å². The SMILES string of the molecule is CCN(C(=O)c1cc(N2CCCCC2)ccn1)c1cccc(C)c1. The van der Waals surface area contributed by atoms with Crippen molar-refractivity contribution in [3.63, 3.8) is 0 Å². The molecule has 0 radical (unpaired) electrons. The molecule has 1 amide bonds. The molecule has 1 aliphatic rings. The highest BCUT2D eigenvalue weighted by Crippen LogP contribution is 2.22. The number of amides is 1. The summed E-state index contributed by atoms with van der Waals surface area (Å²) < 4.78 is 0. The summed E-state index contributed by atoms with van der Waals surface area (Å²) in [5.41, 5.74) is 3.69. The predicted molar refractivity (Wildman–Crippen MR) is 98.8 cm³/mol. The van der Waals surface area contributed by atoms with Gasteiger partial charge >= 0.3 is 0 Å². The van der Waals surface area contributed by atoms with Crippen LogP contribution in [0, 0.1) is 6.92 Å². The summed E-state index contributed by atoms with van der Waals surface area (Å²) in [6.07, 6.45) is 5.48. The number of aryl methyl sites for hydroxylation is 1. The van der Waals surface area contributed by atoms with E-state index in [0.29, 0.717) is 12.2 Å². The number of piperidine rings is 1. The van der Waals surface area contributed by atoms with Crippen LogP contribution >= 0.6 is 0 Å². The van der Waals surface area contributed by atoms with Crippen LogP contribution in [0.1, 0.15) is 42.2 Å². The number of hydrogen-bond acceptors (Lipinski definition) is 3. The summed E-state index contributed by atoms with van der Waals surface area (Å²) in [5, 5.41) is 0. The largest absolute Gasteiger partial charge is 0.371 e. The number of carbonyl (C=O) groups is 1. The van der Waals surface area contributed by atoms with E-state index in [1.165, 1.54) is 19.3 Å². The van der Waals surface area contributed by atoms with Crippen LogP contribution in [0.3, 0.4) is 0 Å². The molecular formula is C20H25N3O. The van der Waals surface area contributed by atoms with Gasteiger partial charge in [-0.15, -0.1) is 0 Å². The molecule has 1 aromatic carbocycles. The molecule has 0 aliphatic carbocycles. The molecule has 0 N–H and O–H groups in total. The molecule has 1 fully saturated rings. The maximum Gasteiger partial charge on any atom is 0.276 e. The Morgan fingerprint density at radius 2 is 1.96 bits per heavy atom. The lowest BCUT2D eigenvalue weighted by atomic mass is 10.1. The van der Waals surface area contributed by atoms with Gasteiger partial charge in [-0.3, -0.25) is 9.78 Å². The average molecular weight is 323 g/mol. The smallest absolute Gasteiger partial charge is 0.276 e. The van der Waals surface area contributed by atoms with Gasteiger partial charge < -0.3 is 9.80 Å². The van der Waals surface area contributed by atoms with E-state index in [1.807, 2.05) is 50.2 Å². The molecule has 4 heteroatoms. The number of carbonyl (C=O) groups excluding carboxylic acids is 1. The van der Waals surface area contributed by atoms with E-state index in [0.717, 1.165) is 30.0 Å². The molecule has 0 atom stereocenters. The lowest BCUT2D eigenvalue weighted by Gasteiger charge is -2.29. The highest BCUT2D eigenvalue weighted by Gasteiger charge is 2.19. The Labute approximate surface area is 144 Å². The number of aromatic nitrogens is 1. The monoisotopic (exact) mass is 323 g/mol.